The van der Waals surface area contributed by atoms with Crippen molar-refractivity contribution in [2.24, 2.45) is 0 Å². The van der Waals surface area contributed by atoms with Crippen LogP contribution in [-0.2, 0) is 16.4 Å². The molecule has 5 aromatic rings. The van der Waals surface area contributed by atoms with Crippen LogP contribution in [-0.4, -0.2) is 35.3 Å². The van der Waals surface area contributed by atoms with Crippen LogP contribution in [0.15, 0.2) is 69.3 Å². The molecule has 0 aliphatic heterocycles. The zero-order chi connectivity index (χ0) is 25.6. The molecule has 184 valence electrons. The molecule has 5 rings (SSSR count). The molecule has 0 bridgehead atoms. The van der Waals surface area contributed by atoms with Crippen molar-refractivity contribution in [3.8, 4) is 11.5 Å². The molecule has 0 saturated heterocycles. The van der Waals surface area contributed by atoms with E-state index in [1.807, 2.05) is 6.92 Å². The number of H-pyrrole nitrogens is 1. The molecule has 0 unspecified atom stereocenters. The summed E-state index contributed by atoms with van der Waals surface area (Å²) in [6, 6.07) is 14.3. The fourth-order valence-electron chi connectivity index (χ4n) is 4.00. The quantitative estimate of drug-likeness (QED) is 0.371. The molecule has 2 aromatic heterocycles. The summed E-state index contributed by atoms with van der Waals surface area (Å²) in [6.45, 7) is 3.59. The predicted molar refractivity (Wildman–Crippen MR) is 130 cm³/mol. The number of aromatic nitrogens is 4. The van der Waals surface area contributed by atoms with Crippen molar-refractivity contribution in [2.75, 3.05) is 7.11 Å². The lowest BCUT2D eigenvalue weighted by atomic mass is 10.2. The molecule has 0 aliphatic carbocycles. The van der Waals surface area contributed by atoms with Crippen LogP contribution in [0.3, 0.4) is 0 Å². The zero-order valence-electron chi connectivity index (χ0n) is 19.6. The smallest absolute Gasteiger partial charge is 0.259 e. The third kappa shape index (κ3) is 3.97. The van der Waals surface area contributed by atoms with Crippen molar-refractivity contribution >= 4 is 26.4 Å². The Hall–Kier alpha value is -4.25. The van der Waals surface area contributed by atoms with E-state index in [-0.39, 0.29) is 33.8 Å². The topological polar surface area (TPSA) is 116 Å². The maximum Gasteiger partial charge on any atom is 0.259 e. The van der Waals surface area contributed by atoms with Gasteiger partial charge >= 0.3 is 0 Å². The molecule has 36 heavy (non-hydrogen) atoms. The molecule has 0 atom stereocenters. The van der Waals surface area contributed by atoms with E-state index in [9.17, 15) is 17.6 Å². The average molecular weight is 509 g/mol. The number of methoxy groups -OCH3 is 1. The Labute approximate surface area is 205 Å². The minimum atomic E-state index is -4.11. The summed E-state index contributed by atoms with van der Waals surface area (Å²) in [5, 5.41) is 7.38. The van der Waals surface area contributed by atoms with Crippen LogP contribution >= 0.6 is 0 Å². The Bertz CT molecular complexity index is 1790. The molecule has 0 radical (unpaired) electrons. The van der Waals surface area contributed by atoms with E-state index in [1.54, 1.807) is 50.4 Å². The molecule has 0 spiro atoms. The van der Waals surface area contributed by atoms with Crippen LogP contribution in [0, 0.1) is 19.7 Å². The van der Waals surface area contributed by atoms with Gasteiger partial charge in [0.15, 0.2) is 17.2 Å². The lowest BCUT2D eigenvalue weighted by molar-refractivity contribution is 0.290. The summed E-state index contributed by atoms with van der Waals surface area (Å²) in [7, 11) is -2.55. The van der Waals surface area contributed by atoms with Crippen molar-refractivity contribution in [3.63, 3.8) is 0 Å². The van der Waals surface area contributed by atoms with E-state index >= 15 is 0 Å². The van der Waals surface area contributed by atoms with Crippen molar-refractivity contribution in [2.45, 2.75) is 30.4 Å². The Kier molecular flexibility index (Phi) is 5.71. The summed E-state index contributed by atoms with van der Waals surface area (Å²) < 4.78 is 53.4. The number of ether oxygens (including phenoxy) is 2. The monoisotopic (exact) mass is 508 g/mol. The highest BCUT2D eigenvalue weighted by atomic mass is 32.2. The van der Waals surface area contributed by atoms with E-state index in [2.05, 4.69) is 15.3 Å². The Balaban J connectivity index is 1.56. The van der Waals surface area contributed by atoms with Gasteiger partial charge in [-0.15, -0.1) is 5.10 Å². The summed E-state index contributed by atoms with van der Waals surface area (Å²) in [6.07, 6.45) is 0. The van der Waals surface area contributed by atoms with Gasteiger partial charge in [0.1, 0.15) is 12.4 Å². The van der Waals surface area contributed by atoms with Crippen molar-refractivity contribution < 1.29 is 22.3 Å². The Morgan fingerprint density at radius 2 is 1.81 bits per heavy atom. The van der Waals surface area contributed by atoms with Gasteiger partial charge in [0.05, 0.1) is 22.9 Å². The minimum Gasteiger partial charge on any atom is -0.497 e. The molecule has 0 saturated carbocycles. The Morgan fingerprint density at radius 3 is 2.50 bits per heavy atom. The fraction of sp³-hybridized carbons (Fsp3) is 0.160. The van der Waals surface area contributed by atoms with Gasteiger partial charge in [-0.3, -0.25) is 4.79 Å². The van der Waals surface area contributed by atoms with Gasteiger partial charge in [-0.1, -0.05) is 35.0 Å². The largest absolute Gasteiger partial charge is 0.497 e. The van der Waals surface area contributed by atoms with Crippen LogP contribution in [0.4, 0.5) is 4.39 Å². The SMILES string of the molecule is COc1ccc(COc2cc3c(=O)[nH]c4c(S(=O)(=O)c5ccc(C)cc5C)nnn4c3cc2F)cc1. The van der Waals surface area contributed by atoms with E-state index in [4.69, 9.17) is 9.47 Å². The van der Waals surface area contributed by atoms with Gasteiger partial charge in [-0.2, -0.15) is 4.52 Å². The first kappa shape index (κ1) is 23.5. The predicted octanol–water partition coefficient (Wildman–Crippen LogP) is 3.75. The highest BCUT2D eigenvalue weighted by Gasteiger charge is 2.28. The number of nitrogens with zero attached hydrogens (tertiary/aromatic N) is 3. The molecule has 11 heteroatoms. The van der Waals surface area contributed by atoms with Gasteiger partial charge in [-0.05, 0) is 49.2 Å². The molecule has 1 N–H and O–H groups in total. The molecule has 2 heterocycles. The number of rotatable bonds is 6. The second-order valence-electron chi connectivity index (χ2n) is 8.32. The van der Waals surface area contributed by atoms with E-state index in [1.165, 1.54) is 12.1 Å². The number of aromatic amines is 1. The highest BCUT2D eigenvalue weighted by Crippen LogP contribution is 2.28. The van der Waals surface area contributed by atoms with Crippen molar-refractivity contribution in [1.29, 1.82) is 0 Å². The van der Waals surface area contributed by atoms with Crippen molar-refractivity contribution in [1.82, 2.24) is 19.8 Å². The third-order valence-corrected chi connectivity index (χ3v) is 7.64. The van der Waals surface area contributed by atoms with Crippen LogP contribution in [0.25, 0.3) is 16.6 Å². The standard InChI is InChI=1S/C25H21FN4O5S/c1-14-4-9-22(15(2)10-14)36(32,33)25-23-27-24(31)18-11-21(19(26)12-20(18)30(23)29-28-25)35-13-16-5-7-17(34-3)8-6-16/h4-12H,13H2,1-3H3,(H,27,31). The minimum absolute atomic E-state index is 0.0462. The number of fused-ring (bicyclic) bond motifs is 3. The first-order chi connectivity index (χ1) is 17.2. The molecular weight excluding hydrogens is 487 g/mol. The van der Waals surface area contributed by atoms with Gasteiger partial charge in [0.2, 0.25) is 14.9 Å². The Morgan fingerprint density at radius 1 is 1.06 bits per heavy atom. The zero-order valence-corrected chi connectivity index (χ0v) is 20.4. The molecule has 9 nitrogen and oxygen atoms in total. The number of halogens is 1. The third-order valence-electron chi connectivity index (χ3n) is 5.82. The number of sulfone groups is 1. The van der Waals surface area contributed by atoms with Crippen LogP contribution < -0.4 is 15.0 Å². The second-order valence-corrected chi connectivity index (χ2v) is 10.2. The first-order valence-corrected chi connectivity index (χ1v) is 12.4. The maximum atomic E-state index is 15.0. The van der Waals surface area contributed by atoms with Crippen LogP contribution in [0.2, 0.25) is 0 Å². The molecular formula is C25H21FN4O5S. The van der Waals surface area contributed by atoms with E-state index < -0.39 is 26.2 Å². The summed E-state index contributed by atoms with van der Waals surface area (Å²) >= 11 is 0. The lowest BCUT2D eigenvalue weighted by Gasteiger charge is -2.10. The average Bonchev–Trinajstić information content (AvgIpc) is 3.28. The molecule has 0 aliphatic rings. The second kappa shape index (κ2) is 8.76. The van der Waals surface area contributed by atoms with Gasteiger partial charge < -0.3 is 14.5 Å². The lowest BCUT2D eigenvalue weighted by Crippen LogP contribution is -2.13. The highest BCUT2D eigenvalue weighted by molar-refractivity contribution is 7.91. The summed E-state index contributed by atoms with van der Waals surface area (Å²) in [5.74, 6) is -0.193. The first-order valence-electron chi connectivity index (χ1n) is 10.9. The van der Waals surface area contributed by atoms with Crippen LogP contribution in [0.1, 0.15) is 16.7 Å². The molecule has 3 aromatic carbocycles. The molecule has 0 amide bonds. The van der Waals surface area contributed by atoms with Gasteiger partial charge in [0.25, 0.3) is 5.56 Å². The maximum absolute atomic E-state index is 15.0. The van der Waals surface area contributed by atoms with Gasteiger partial charge in [0, 0.05) is 6.07 Å². The van der Waals surface area contributed by atoms with Crippen molar-refractivity contribution in [3.05, 3.63) is 87.5 Å². The number of aryl methyl sites for hydroxylation is 2. The fourth-order valence-corrected chi connectivity index (χ4v) is 5.47. The number of benzene rings is 3. The molecule has 0 fully saturated rings. The number of hydrogen-bond acceptors (Lipinski definition) is 7. The summed E-state index contributed by atoms with van der Waals surface area (Å²) in [5.41, 5.74) is 1.47. The summed E-state index contributed by atoms with van der Waals surface area (Å²) in [4.78, 5) is 15.5. The number of hydrogen-bond donors (Lipinski definition) is 1. The van der Waals surface area contributed by atoms with E-state index in [0.29, 0.717) is 11.3 Å². The normalized spacial score (nSPS) is 11.8. The van der Waals surface area contributed by atoms with E-state index in [0.717, 1.165) is 21.7 Å². The van der Waals surface area contributed by atoms with Gasteiger partial charge in [-0.25, -0.2) is 12.8 Å². The van der Waals surface area contributed by atoms with Crippen LogP contribution in [0.5, 0.6) is 11.5 Å². The number of nitrogens with one attached hydrogen (secondary N) is 1.